The van der Waals surface area contributed by atoms with Gasteiger partial charge in [0.25, 0.3) is 5.56 Å². The molecule has 0 aliphatic rings. The van der Waals surface area contributed by atoms with E-state index in [0.29, 0.717) is 17.1 Å². The molecule has 0 fully saturated rings. The van der Waals surface area contributed by atoms with Gasteiger partial charge < -0.3 is 15.5 Å². The molecule has 0 aliphatic carbocycles. The van der Waals surface area contributed by atoms with Gasteiger partial charge in [0.2, 0.25) is 0 Å². The zero-order valence-corrected chi connectivity index (χ0v) is 13.3. The molecule has 6 nitrogen and oxygen atoms in total. The smallest absolute Gasteiger partial charge is 0.268 e. The molecule has 0 saturated carbocycles. The summed E-state index contributed by atoms with van der Waals surface area (Å²) in [6.07, 6.45) is 0. The Morgan fingerprint density at radius 3 is 2.00 bits per heavy atom. The summed E-state index contributed by atoms with van der Waals surface area (Å²) in [4.78, 5) is 14.2. The monoisotopic (exact) mass is 346 g/mol. The molecule has 1 aromatic heterocycles. The second-order valence-electron chi connectivity index (χ2n) is 5.30. The van der Waals surface area contributed by atoms with E-state index in [1.807, 2.05) is 6.07 Å². The van der Waals surface area contributed by atoms with E-state index in [0.717, 1.165) is 0 Å². The molecule has 0 saturated heterocycles. The molecule has 0 unspecified atom stereocenters. The van der Waals surface area contributed by atoms with Crippen molar-refractivity contribution < 1.29 is 9.13 Å². The van der Waals surface area contributed by atoms with E-state index in [4.69, 9.17) is 10.5 Å². The minimum atomic E-state index is -0.661. The number of anilines is 1. The van der Waals surface area contributed by atoms with Gasteiger partial charge in [0, 0.05) is 5.56 Å². The Morgan fingerprint density at radius 2 is 1.46 bits per heavy atom. The fraction of sp³-hybridized carbons (Fsp3) is 0. The number of nitrogens with one attached hydrogen (secondary N) is 1. The van der Waals surface area contributed by atoms with Crippen molar-refractivity contribution in [3.8, 4) is 34.8 Å². The molecule has 0 atom stereocenters. The van der Waals surface area contributed by atoms with Crippen LogP contribution in [0.5, 0.6) is 11.5 Å². The zero-order valence-electron chi connectivity index (χ0n) is 13.3. The van der Waals surface area contributed by atoms with Gasteiger partial charge in [-0.15, -0.1) is 0 Å². The molecule has 3 N–H and O–H groups in total. The minimum Gasteiger partial charge on any atom is -0.457 e. The lowest BCUT2D eigenvalue weighted by atomic mass is 9.96. The number of aromatic nitrogens is 1. The highest BCUT2D eigenvalue weighted by atomic mass is 19.1. The van der Waals surface area contributed by atoms with Crippen LogP contribution in [-0.2, 0) is 0 Å². The Balaban J connectivity index is 2.02. The summed E-state index contributed by atoms with van der Waals surface area (Å²) < 4.78 is 18.5. The van der Waals surface area contributed by atoms with Crippen LogP contribution in [0.25, 0.3) is 11.1 Å². The van der Waals surface area contributed by atoms with Crippen molar-refractivity contribution in [2.45, 2.75) is 0 Å². The number of nitrogens with two attached hydrogens (primary N) is 1. The van der Waals surface area contributed by atoms with Crippen molar-refractivity contribution >= 4 is 5.82 Å². The van der Waals surface area contributed by atoms with Crippen LogP contribution in [0.4, 0.5) is 10.2 Å². The Kier molecular flexibility index (Phi) is 4.38. The molecule has 0 bridgehead atoms. The first-order valence-electron chi connectivity index (χ1n) is 7.43. The van der Waals surface area contributed by atoms with Gasteiger partial charge in [-0.3, -0.25) is 4.79 Å². The number of hydrogen-bond donors (Lipinski definition) is 2. The number of rotatable bonds is 3. The van der Waals surface area contributed by atoms with Crippen LogP contribution in [0, 0.1) is 28.5 Å². The number of hydrogen-bond acceptors (Lipinski definition) is 5. The summed E-state index contributed by atoms with van der Waals surface area (Å²) in [5.74, 6) is 0.455. The first kappa shape index (κ1) is 16.7. The molecule has 1 heterocycles. The third-order valence-corrected chi connectivity index (χ3v) is 3.66. The molecule has 3 aromatic rings. The zero-order chi connectivity index (χ0) is 18.7. The van der Waals surface area contributed by atoms with Crippen LogP contribution >= 0.6 is 0 Å². The average Bonchev–Trinajstić information content (AvgIpc) is 2.64. The van der Waals surface area contributed by atoms with Crippen LogP contribution in [0.2, 0.25) is 0 Å². The third-order valence-electron chi connectivity index (χ3n) is 3.66. The van der Waals surface area contributed by atoms with Crippen molar-refractivity contribution in [3.05, 3.63) is 75.8 Å². The standard InChI is InChI=1S/C19H11FN4O2/c20-12-3-7-14(8-4-12)26-13-5-1-11(2-6-13)17-15(9-21)18(23)24-19(25)16(17)10-22/h1-8H,(H3,23,24,25). The molecule has 126 valence electrons. The minimum absolute atomic E-state index is 0.0216. The Morgan fingerprint density at radius 1 is 0.923 bits per heavy atom. The molecule has 26 heavy (non-hydrogen) atoms. The summed E-state index contributed by atoms with van der Waals surface area (Å²) in [5, 5.41) is 18.6. The Bertz CT molecular complexity index is 1100. The number of H-pyrrole nitrogens is 1. The molecule has 0 radical (unpaired) electrons. The Labute approximate surface area is 147 Å². The van der Waals surface area contributed by atoms with E-state index in [1.165, 1.54) is 24.3 Å². The normalized spacial score (nSPS) is 9.96. The molecular formula is C19H11FN4O2. The number of nitrogens with zero attached hydrogens (tertiary/aromatic N) is 2. The van der Waals surface area contributed by atoms with Crippen molar-refractivity contribution in [3.63, 3.8) is 0 Å². The van der Waals surface area contributed by atoms with E-state index < -0.39 is 5.56 Å². The highest BCUT2D eigenvalue weighted by Gasteiger charge is 2.18. The van der Waals surface area contributed by atoms with Gasteiger partial charge in [0.15, 0.2) is 0 Å². The summed E-state index contributed by atoms with van der Waals surface area (Å²) in [6, 6.07) is 15.7. The predicted molar refractivity (Wildman–Crippen MR) is 92.8 cm³/mol. The lowest BCUT2D eigenvalue weighted by molar-refractivity contribution is 0.480. The number of halogens is 1. The number of aromatic amines is 1. The second-order valence-corrected chi connectivity index (χ2v) is 5.30. The van der Waals surface area contributed by atoms with Crippen LogP contribution < -0.4 is 16.0 Å². The van der Waals surface area contributed by atoms with Gasteiger partial charge in [-0.05, 0) is 42.0 Å². The van der Waals surface area contributed by atoms with Crippen molar-refractivity contribution in [1.82, 2.24) is 4.98 Å². The van der Waals surface area contributed by atoms with E-state index in [-0.39, 0.29) is 28.3 Å². The van der Waals surface area contributed by atoms with E-state index >= 15 is 0 Å². The van der Waals surface area contributed by atoms with Crippen LogP contribution in [0.3, 0.4) is 0 Å². The number of nitrogen functional groups attached to an aromatic ring is 1. The molecule has 0 amide bonds. The van der Waals surface area contributed by atoms with E-state index in [1.54, 1.807) is 30.3 Å². The summed E-state index contributed by atoms with van der Waals surface area (Å²) in [7, 11) is 0. The SMILES string of the molecule is N#Cc1c(N)[nH]c(=O)c(C#N)c1-c1ccc(Oc2ccc(F)cc2)cc1. The van der Waals surface area contributed by atoms with Crippen molar-refractivity contribution in [1.29, 1.82) is 10.5 Å². The number of nitriles is 2. The third kappa shape index (κ3) is 3.10. The summed E-state index contributed by atoms with van der Waals surface area (Å²) in [6.45, 7) is 0. The van der Waals surface area contributed by atoms with Crippen LogP contribution in [0.1, 0.15) is 11.1 Å². The Hall–Kier alpha value is -4.10. The largest absolute Gasteiger partial charge is 0.457 e. The molecular weight excluding hydrogens is 335 g/mol. The average molecular weight is 346 g/mol. The topological polar surface area (TPSA) is 116 Å². The maximum absolute atomic E-state index is 12.9. The van der Waals surface area contributed by atoms with Crippen LogP contribution in [0.15, 0.2) is 53.3 Å². The van der Waals surface area contributed by atoms with Gasteiger partial charge in [-0.25, -0.2) is 4.39 Å². The molecule has 2 aromatic carbocycles. The number of pyridine rings is 1. The lowest BCUT2D eigenvalue weighted by Crippen LogP contribution is -2.16. The predicted octanol–water partition coefficient (Wildman–Crippen LogP) is 3.30. The number of benzene rings is 2. The van der Waals surface area contributed by atoms with Crippen molar-refractivity contribution in [2.75, 3.05) is 5.73 Å². The van der Waals surface area contributed by atoms with Gasteiger partial charge >= 0.3 is 0 Å². The second kappa shape index (κ2) is 6.80. The lowest BCUT2D eigenvalue weighted by Gasteiger charge is -2.10. The van der Waals surface area contributed by atoms with Gasteiger partial charge in [0.05, 0.1) is 0 Å². The summed E-state index contributed by atoms with van der Waals surface area (Å²) in [5.41, 5.74) is 5.51. The quantitative estimate of drug-likeness (QED) is 0.755. The highest BCUT2D eigenvalue weighted by Crippen LogP contribution is 2.30. The highest BCUT2D eigenvalue weighted by molar-refractivity contribution is 5.80. The molecule has 7 heteroatoms. The van der Waals surface area contributed by atoms with E-state index in [9.17, 15) is 19.7 Å². The molecule has 0 spiro atoms. The first-order valence-corrected chi connectivity index (χ1v) is 7.43. The maximum Gasteiger partial charge on any atom is 0.268 e. The van der Waals surface area contributed by atoms with Gasteiger partial charge in [0.1, 0.15) is 46.4 Å². The molecule has 0 aliphatic heterocycles. The maximum atomic E-state index is 12.9. The summed E-state index contributed by atoms with van der Waals surface area (Å²) >= 11 is 0. The van der Waals surface area contributed by atoms with E-state index in [2.05, 4.69) is 4.98 Å². The van der Waals surface area contributed by atoms with Crippen molar-refractivity contribution in [2.24, 2.45) is 0 Å². The van der Waals surface area contributed by atoms with Crippen LogP contribution in [-0.4, -0.2) is 4.98 Å². The van der Waals surface area contributed by atoms with Gasteiger partial charge in [-0.1, -0.05) is 12.1 Å². The van der Waals surface area contributed by atoms with Gasteiger partial charge in [-0.2, -0.15) is 10.5 Å². The number of ether oxygens (including phenoxy) is 1. The fourth-order valence-corrected chi connectivity index (χ4v) is 2.46. The molecule has 3 rings (SSSR count). The first-order chi connectivity index (χ1) is 12.5. The fourth-order valence-electron chi connectivity index (χ4n) is 2.46.